The largest absolute Gasteiger partial charge is 0.345 e. The summed E-state index contributed by atoms with van der Waals surface area (Å²) < 4.78 is 2.17. The Hall–Kier alpha value is -3.77. The molecular weight excluding hydrogens is 422 g/mol. The van der Waals surface area contributed by atoms with E-state index in [0.717, 1.165) is 44.2 Å². The fraction of sp³-hybridized carbons (Fsp3) is 0.250. The van der Waals surface area contributed by atoms with Crippen LogP contribution in [0.4, 0.5) is 0 Å². The SMILES string of the molecule is O=C(NCc1nnc2n1CCN(CC(c1ccccc1)c1ccccc1)CC2)c1ccccc1. The van der Waals surface area contributed by atoms with Crippen molar-refractivity contribution in [3.05, 3.63) is 119 Å². The number of hydrogen-bond donors (Lipinski definition) is 1. The Labute approximate surface area is 200 Å². The molecule has 0 aliphatic carbocycles. The fourth-order valence-corrected chi connectivity index (χ4v) is 4.62. The quantitative estimate of drug-likeness (QED) is 0.463. The standard InChI is InChI=1S/C28H29N5O/c34-28(24-14-8-3-9-15-24)29-20-27-31-30-26-16-17-32(18-19-33(26)27)21-25(22-10-4-1-5-11-22)23-12-6-2-7-13-23/h1-15,25H,16-21H2,(H,29,34). The molecule has 0 fully saturated rings. The Bertz CT molecular complexity index is 1170. The van der Waals surface area contributed by atoms with Gasteiger partial charge in [0.15, 0.2) is 5.82 Å². The van der Waals surface area contributed by atoms with E-state index in [2.05, 4.69) is 85.6 Å². The highest BCUT2D eigenvalue weighted by molar-refractivity contribution is 5.93. The van der Waals surface area contributed by atoms with E-state index >= 15 is 0 Å². The minimum absolute atomic E-state index is 0.0956. The second kappa shape index (κ2) is 10.4. The number of nitrogens with one attached hydrogen (secondary N) is 1. The molecule has 1 aromatic heterocycles. The molecule has 6 heteroatoms. The Balaban J connectivity index is 1.26. The summed E-state index contributed by atoms with van der Waals surface area (Å²) in [5.74, 6) is 2.02. The molecule has 0 atom stereocenters. The summed E-state index contributed by atoms with van der Waals surface area (Å²) in [5, 5.41) is 11.8. The minimum atomic E-state index is -0.0956. The lowest BCUT2D eigenvalue weighted by Crippen LogP contribution is -2.32. The third kappa shape index (κ3) is 5.07. The molecule has 4 aromatic rings. The first kappa shape index (κ1) is 22.0. The third-order valence-corrected chi connectivity index (χ3v) is 6.48. The van der Waals surface area contributed by atoms with Crippen molar-refractivity contribution in [1.82, 2.24) is 25.0 Å². The zero-order valence-electron chi connectivity index (χ0n) is 19.2. The van der Waals surface area contributed by atoms with Crippen LogP contribution in [0.15, 0.2) is 91.0 Å². The van der Waals surface area contributed by atoms with Crippen LogP contribution in [0.3, 0.4) is 0 Å². The Morgan fingerprint density at radius 3 is 2.06 bits per heavy atom. The van der Waals surface area contributed by atoms with Gasteiger partial charge in [0.1, 0.15) is 5.82 Å². The van der Waals surface area contributed by atoms with E-state index in [9.17, 15) is 4.79 Å². The molecule has 1 amide bonds. The summed E-state index contributed by atoms with van der Waals surface area (Å²) in [7, 11) is 0. The van der Waals surface area contributed by atoms with Crippen LogP contribution in [0.5, 0.6) is 0 Å². The number of hydrogen-bond acceptors (Lipinski definition) is 4. The normalized spacial score (nSPS) is 13.9. The Morgan fingerprint density at radius 2 is 1.41 bits per heavy atom. The van der Waals surface area contributed by atoms with Gasteiger partial charge in [-0.15, -0.1) is 10.2 Å². The van der Waals surface area contributed by atoms with Crippen LogP contribution in [0.1, 0.15) is 39.1 Å². The van der Waals surface area contributed by atoms with Crippen molar-refractivity contribution in [2.24, 2.45) is 0 Å². The first-order valence-electron chi connectivity index (χ1n) is 11.8. The molecular formula is C28H29N5O. The molecule has 1 aliphatic heterocycles. The van der Waals surface area contributed by atoms with E-state index in [-0.39, 0.29) is 5.91 Å². The first-order chi connectivity index (χ1) is 16.8. The van der Waals surface area contributed by atoms with E-state index < -0.39 is 0 Å². The van der Waals surface area contributed by atoms with Crippen molar-refractivity contribution < 1.29 is 4.79 Å². The van der Waals surface area contributed by atoms with Crippen molar-refractivity contribution in [2.75, 3.05) is 19.6 Å². The highest BCUT2D eigenvalue weighted by Gasteiger charge is 2.23. The first-order valence-corrected chi connectivity index (χ1v) is 11.8. The molecule has 0 unspecified atom stereocenters. The molecule has 0 radical (unpaired) electrons. The minimum Gasteiger partial charge on any atom is -0.345 e. The van der Waals surface area contributed by atoms with Crippen molar-refractivity contribution in [1.29, 1.82) is 0 Å². The van der Waals surface area contributed by atoms with Gasteiger partial charge in [-0.05, 0) is 23.3 Å². The predicted molar refractivity (Wildman–Crippen MR) is 133 cm³/mol. The van der Waals surface area contributed by atoms with Crippen molar-refractivity contribution in [3.63, 3.8) is 0 Å². The van der Waals surface area contributed by atoms with Crippen LogP contribution in [0, 0.1) is 0 Å². The van der Waals surface area contributed by atoms with Gasteiger partial charge in [0.25, 0.3) is 5.91 Å². The van der Waals surface area contributed by atoms with Crippen LogP contribution in [0.2, 0.25) is 0 Å². The molecule has 34 heavy (non-hydrogen) atoms. The van der Waals surface area contributed by atoms with E-state index in [1.165, 1.54) is 11.1 Å². The molecule has 2 heterocycles. The molecule has 1 aliphatic rings. The van der Waals surface area contributed by atoms with Crippen LogP contribution in [-0.2, 0) is 19.5 Å². The topological polar surface area (TPSA) is 63.1 Å². The smallest absolute Gasteiger partial charge is 0.251 e. The number of aromatic nitrogens is 3. The van der Waals surface area contributed by atoms with Crippen molar-refractivity contribution in [3.8, 4) is 0 Å². The molecule has 172 valence electrons. The summed E-state index contributed by atoms with van der Waals surface area (Å²) >= 11 is 0. The zero-order valence-corrected chi connectivity index (χ0v) is 19.2. The second-order valence-corrected chi connectivity index (χ2v) is 8.66. The van der Waals surface area contributed by atoms with Crippen LogP contribution < -0.4 is 5.32 Å². The third-order valence-electron chi connectivity index (χ3n) is 6.48. The monoisotopic (exact) mass is 451 g/mol. The maximum absolute atomic E-state index is 12.4. The zero-order chi connectivity index (χ0) is 23.2. The summed E-state index contributed by atoms with van der Waals surface area (Å²) in [6, 6.07) is 30.7. The average Bonchev–Trinajstić information content (AvgIpc) is 3.18. The van der Waals surface area contributed by atoms with Gasteiger partial charge >= 0.3 is 0 Å². The van der Waals surface area contributed by atoms with Gasteiger partial charge in [0, 0.05) is 44.1 Å². The maximum atomic E-state index is 12.4. The highest BCUT2D eigenvalue weighted by Crippen LogP contribution is 2.26. The van der Waals surface area contributed by atoms with Gasteiger partial charge < -0.3 is 14.8 Å². The average molecular weight is 452 g/mol. The van der Waals surface area contributed by atoms with Gasteiger partial charge in [0.2, 0.25) is 0 Å². The molecule has 5 rings (SSSR count). The number of fused-ring (bicyclic) bond motifs is 1. The van der Waals surface area contributed by atoms with Gasteiger partial charge in [-0.25, -0.2) is 0 Å². The molecule has 0 bridgehead atoms. The lowest BCUT2D eigenvalue weighted by atomic mass is 9.90. The number of rotatable bonds is 7. The molecule has 3 aromatic carbocycles. The number of amides is 1. The molecule has 1 N–H and O–H groups in total. The number of benzene rings is 3. The predicted octanol–water partition coefficient (Wildman–Crippen LogP) is 3.90. The molecule has 0 saturated carbocycles. The summed E-state index contributed by atoms with van der Waals surface area (Å²) in [5.41, 5.74) is 3.32. The van der Waals surface area contributed by atoms with E-state index in [1.807, 2.05) is 30.3 Å². The Kier molecular flexibility index (Phi) is 6.77. The summed E-state index contributed by atoms with van der Waals surface area (Å²) in [6.45, 7) is 3.99. The van der Waals surface area contributed by atoms with Gasteiger partial charge in [0.05, 0.1) is 6.54 Å². The van der Waals surface area contributed by atoms with Gasteiger partial charge in [-0.1, -0.05) is 78.9 Å². The second-order valence-electron chi connectivity index (χ2n) is 8.66. The summed E-state index contributed by atoms with van der Waals surface area (Å²) in [6.07, 6.45) is 0.843. The number of carbonyl (C=O) groups excluding carboxylic acids is 1. The lowest BCUT2D eigenvalue weighted by Gasteiger charge is -2.27. The Morgan fingerprint density at radius 1 is 0.794 bits per heavy atom. The number of carbonyl (C=O) groups is 1. The van der Waals surface area contributed by atoms with E-state index in [4.69, 9.17) is 0 Å². The highest BCUT2D eigenvalue weighted by atomic mass is 16.1. The van der Waals surface area contributed by atoms with Crippen LogP contribution in [-0.4, -0.2) is 45.2 Å². The van der Waals surface area contributed by atoms with Crippen molar-refractivity contribution in [2.45, 2.75) is 25.4 Å². The van der Waals surface area contributed by atoms with Crippen molar-refractivity contribution >= 4 is 5.91 Å². The van der Waals surface area contributed by atoms with E-state index in [1.54, 1.807) is 0 Å². The van der Waals surface area contributed by atoms with Crippen LogP contribution >= 0.6 is 0 Å². The van der Waals surface area contributed by atoms with Gasteiger partial charge in [-0.2, -0.15) is 0 Å². The lowest BCUT2D eigenvalue weighted by molar-refractivity contribution is 0.0949. The van der Waals surface area contributed by atoms with E-state index in [0.29, 0.717) is 18.0 Å². The number of nitrogens with zero attached hydrogens (tertiary/aromatic N) is 4. The summed E-state index contributed by atoms with van der Waals surface area (Å²) in [4.78, 5) is 15.0. The maximum Gasteiger partial charge on any atom is 0.251 e. The molecule has 0 spiro atoms. The van der Waals surface area contributed by atoms with Crippen LogP contribution in [0.25, 0.3) is 0 Å². The molecule has 6 nitrogen and oxygen atoms in total. The fourth-order valence-electron chi connectivity index (χ4n) is 4.62. The molecule has 0 saturated heterocycles. The van der Waals surface area contributed by atoms with Gasteiger partial charge in [-0.3, -0.25) is 4.79 Å².